The first-order chi connectivity index (χ1) is 15.9. The number of carbonyl (C=O) groups is 2. The van der Waals surface area contributed by atoms with E-state index in [1.54, 1.807) is 37.3 Å². The molecule has 0 spiro atoms. The Kier molecular flexibility index (Phi) is 6.23. The third kappa shape index (κ3) is 4.35. The van der Waals surface area contributed by atoms with E-state index < -0.39 is 24.6 Å². The van der Waals surface area contributed by atoms with Crippen LogP contribution in [0.25, 0.3) is 6.08 Å². The molecule has 1 atom stereocenters. The summed E-state index contributed by atoms with van der Waals surface area (Å²) in [7, 11) is 1.30. The minimum Gasteiger partial charge on any atom is -0.481 e. The Bertz CT molecular complexity index is 1440. The van der Waals surface area contributed by atoms with E-state index in [1.165, 1.54) is 23.0 Å². The van der Waals surface area contributed by atoms with Gasteiger partial charge in [-0.3, -0.25) is 9.36 Å². The molecule has 9 heteroatoms. The molecule has 0 aliphatic carbocycles. The van der Waals surface area contributed by atoms with Crippen LogP contribution >= 0.6 is 11.3 Å². The van der Waals surface area contributed by atoms with Gasteiger partial charge in [0.1, 0.15) is 5.75 Å². The topological polar surface area (TPSA) is 107 Å². The van der Waals surface area contributed by atoms with Gasteiger partial charge in [0.2, 0.25) is 0 Å². The number of allylic oxidation sites excluding steroid dienone is 1. The second-order valence-electron chi connectivity index (χ2n) is 7.20. The Hall–Kier alpha value is -3.98. The van der Waals surface area contributed by atoms with Crippen LogP contribution in [0.5, 0.6) is 5.75 Å². The van der Waals surface area contributed by atoms with E-state index in [-0.39, 0.29) is 5.56 Å². The van der Waals surface area contributed by atoms with Crippen molar-refractivity contribution in [2.75, 3.05) is 13.7 Å². The van der Waals surface area contributed by atoms with Gasteiger partial charge in [0.15, 0.2) is 11.4 Å². The zero-order valence-electron chi connectivity index (χ0n) is 17.8. The van der Waals surface area contributed by atoms with Gasteiger partial charge in [-0.15, -0.1) is 0 Å². The van der Waals surface area contributed by atoms with Crippen LogP contribution in [-0.4, -0.2) is 35.3 Å². The molecule has 1 N–H and O–H groups in total. The second-order valence-corrected chi connectivity index (χ2v) is 8.21. The number of benzene rings is 2. The SMILES string of the molecule is COC(=O)C1=C(C)N=c2sc(=Cc3ccccc3OCC(=O)O)c(=O)n2C1c1ccccc1. The molecule has 3 aromatic rings. The Labute approximate surface area is 192 Å². The molecule has 8 nitrogen and oxygen atoms in total. The zero-order chi connectivity index (χ0) is 23.5. The number of aliphatic carboxylic acids is 1. The Balaban J connectivity index is 1.91. The van der Waals surface area contributed by atoms with E-state index in [9.17, 15) is 14.4 Å². The monoisotopic (exact) mass is 464 g/mol. The summed E-state index contributed by atoms with van der Waals surface area (Å²) < 4.78 is 12.2. The molecule has 2 heterocycles. The summed E-state index contributed by atoms with van der Waals surface area (Å²) in [6.07, 6.45) is 1.64. The number of esters is 1. The van der Waals surface area contributed by atoms with Crippen molar-refractivity contribution in [2.24, 2.45) is 4.99 Å². The highest BCUT2D eigenvalue weighted by Crippen LogP contribution is 2.30. The van der Waals surface area contributed by atoms with E-state index in [2.05, 4.69) is 4.99 Å². The van der Waals surface area contributed by atoms with Crippen LogP contribution in [0.4, 0.5) is 0 Å². The van der Waals surface area contributed by atoms with Gasteiger partial charge in [-0.25, -0.2) is 14.6 Å². The molecular weight excluding hydrogens is 444 g/mol. The number of methoxy groups -OCH3 is 1. The lowest BCUT2D eigenvalue weighted by atomic mass is 9.96. The summed E-state index contributed by atoms with van der Waals surface area (Å²) in [5.41, 5.74) is 1.77. The molecule has 168 valence electrons. The molecular formula is C24H20N2O6S. The highest BCUT2D eigenvalue weighted by Gasteiger charge is 2.32. The maximum Gasteiger partial charge on any atom is 0.341 e. The fraction of sp³-hybridized carbons (Fsp3) is 0.167. The first-order valence-electron chi connectivity index (χ1n) is 10.00. The highest BCUT2D eigenvalue weighted by atomic mass is 32.1. The Morgan fingerprint density at radius 2 is 1.85 bits per heavy atom. The molecule has 1 unspecified atom stereocenters. The van der Waals surface area contributed by atoms with E-state index in [1.807, 2.05) is 30.3 Å². The van der Waals surface area contributed by atoms with Crippen LogP contribution < -0.4 is 19.6 Å². The van der Waals surface area contributed by atoms with Crippen LogP contribution in [0.3, 0.4) is 0 Å². The number of aromatic nitrogens is 1. The predicted molar refractivity (Wildman–Crippen MR) is 122 cm³/mol. The number of thiazole rings is 1. The molecule has 1 aliphatic heterocycles. The highest BCUT2D eigenvalue weighted by molar-refractivity contribution is 7.07. The number of rotatable bonds is 6. The molecule has 0 saturated carbocycles. The maximum atomic E-state index is 13.5. The number of carbonyl (C=O) groups excluding carboxylic acids is 1. The largest absolute Gasteiger partial charge is 0.481 e. The standard InChI is InChI=1S/C24H20N2O6S/c1-14-20(23(30)31-2)21(15-8-4-3-5-9-15)26-22(29)18(33-24(26)25-14)12-16-10-6-7-11-17(16)32-13-19(27)28/h3-12,21H,13H2,1-2H3,(H,27,28). The number of carboxylic acid groups (broad SMARTS) is 1. The average Bonchev–Trinajstić information content (AvgIpc) is 3.12. The summed E-state index contributed by atoms with van der Waals surface area (Å²) >= 11 is 1.18. The van der Waals surface area contributed by atoms with Gasteiger partial charge in [-0.05, 0) is 24.6 Å². The second kappa shape index (κ2) is 9.25. The van der Waals surface area contributed by atoms with Gasteiger partial charge in [0, 0.05) is 5.56 Å². The molecule has 1 aliphatic rings. The molecule has 0 saturated heterocycles. The Morgan fingerprint density at radius 1 is 1.15 bits per heavy atom. The third-order valence-corrected chi connectivity index (χ3v) is 6.08. The van der Waals surface area contributed by atoms with Gasteiger partial charge in [-0.1, -0.05) is 59.9 Å². The van der Waals surface area contributed by atoms with Gasteiger partial charge in [-0.2, -0.15) is 0 Å². The van der Waals surface area contributed by atoms with Gasteiger partial charge in [0.25, 0.3) is 5.56 Å². The smallest absolute Gasteiger partial charge is 0.341 e. The molecule has 33 heavy (non-hydrogen) atoms. The molecule has 0 bridgehead atoms. The van der Waals surface area contributed by atoms with E-state index in [0.29, 0.717) is 31.9 Å². The predicted octanol–water partition coefficient (Wildman–Crippen LogP) is 1.87. The van der Waals surface area contributed by atoms with Gasteiger partial charge >= 0.3 is 11.9 Å². The molecule has 0 amide bonds. The fourth-order valence-corrected chi connectivity index (χ4v) is 4.69. The summed E-state index contributed by atoms with van der Waals surface area (Å²) in [6.45, 7) is 1.22. The molecule has 0 radical (unpaired) electrons. The lowest BCUT2D eigenvalue weighted by Crippen LogP contribution is -2.39. The van der Waals surface area contributed by atoms with Crippen molar-refractivity contribution in [1.29, 1.82) is 0 Å². The van der Waals surface area contributed by atoms with Crippen molar-refractivity contribution in [1.82, 2.24) is 4.57 Å². The lowest BCUT2D eigenvalue weighted by molar-refractivity contribution is -0.139. The fourth-order valence-electron chi connectivity index (χ4n) is 3.66. The average molecular weight is 464 g/mol. The number of hydrogen-bond donors (Lipinski definition) is 1. The first kappa shape index (κ1) is 22.2. The van der Waals surface area contributed by atoms with E-state index in [4.69, 9.17) is 14.6 Å². The number of fused-ring (bicyclic) bond motifs is 1. The van der Waals surface area contributed by atoms with Gasteiger partial charge in [0.05, 0.1) is 29.0 Å². The number of para-hydroxylation sites is 1. The van der Waals surface area contributed by atoms with Crippen molar-refractivity contribution in [3.05, 3.63) is 96.7 Å². The molecule has 1 aromatic heterocycles. The summed E-state index contributed by atoms with van der Waals surface area (Å²) in [5.74, 6) is -1.30. The number of carboxylic acids is 1. The van der Waals surface area contributed by atoms with Crippen LogP contribution in [0.15, 0.2) is 75.7 Å². The van der Waals surface area contributed by atoms with Crippen molar-refractivity contribution < 1.29 is 24.2 Å². The summed E-state index contributed by atoms with van der Waals surface area (Å²) in [6, 6.07) is 15.4. The normalized spacial score (nSPS) is 15.6. The quantitative estimate of drug-likeness (QED) is 0.558. The van der Waals surface area contributed by atoms with Gasteiger partial charge < -0.3 is 14.6 Å². The van der Waals surface area contributed by atoms with Crippen LogP contribution in [0.1, 0.15) is 24.1 Å². The van der Waals surface area contributed by atoms with Crippen molar-refractivity contribution >= 4 is 29.4 Å². The van der Waals surface area contributed by atoms with Crippen LogP contribution in [-0.2, 0) is 14.3 Å². The lowest BCUT2D eigenvalue weighted by Gasteiger charge is -2.24. The third-order valence-electron chi connectivity index (χ3n) is 5.10. The van der Waals surface area contributed by atoms with Crippen LogP contribution in [0, 0.1) is 0 Å². The number of hydrogen-bond acceptors (Lipinski definition) is 7. The molecule has 4 rings (SSSR count). The minimum absolute atomic E-state index is 0.299. The molecule has 2 aromatic carbocycles. The van der Waals surface area contributed by atoms with Crippen molar-refractivity contribution in [3.8, 4) is 5.75 Å². The Morgan fingerprint density at radius 3 is 2.55 bits per heavy atom. The summed E-state index contributed by atoms with van der Waals surface area (Å²) in [4.78, 5) is 42.0. The zero-order valence-corrected chi connectivity index (χ0v) is 18.7. The summed E-state index contributed by atoms with van der Waals surface area (Å²) in [5, 5.41) is 8.92. The number of nitrogens with zero attached hydrogens (tertiary/aromatic N) is 2. The minimum atomic E-state index is -1.10. The maximum absolute atomic E-state index is 13.5. The van der Waals surface area contributed by atoms with E-state index >= 15 is 0 Å². The first-order valence-corrected chi connectivity index (χ1v) is 10.8. The van der Waals surface area contributed by atoms with Crippen molar-refractivity contribution in [3.63, 3.8) is 0 Å². The van der Waals surface area contributed by atoms with Crippen LogP contribution in [0.2, 0.25) is 0 Å². The number of ether oxygens (including phenoxy) is 2. The molecule has 0 fully saturated rings. The van der Waals surface area contributed by atoms with E-state index in [0.717, 1.165) is 5.56 Å². The van der Waals surface area contributed by atoms with Crippen molar-refractivity contribution in [2.45, 2.75) is 13.0 Å².